The van der Waals surface area contributed by atoms with Crippen LogP contribution in [0.3, 0.4) is 0 Å². The molecule has 106 valence electrons. The molecule has 0 aliphatic heterocycles. The van der Waals surface area contributed by atoms with Crippen LogP contribution in [-0.2, 0) is 0 Å². The van der Waals surface area contributed by atoms with Crippen LogP contribution < -0.4 is 5.32 Å². The van der Waals surface area contributed by atoms with Gasteiger partial charge in [0.2, 0.25) is 0 Å². The minimum Gasteiger partial charge on any atom is -0.344 e. The maximum atomic E-state index is 13.8. The van der Waals surface area contributed by atoms with E-state index in [1.807, 2.05) is 38.3 Å². The van der Waals surface area contributed by atoms with E-state index in [1.165, 1.54) is 6.07 Å². The van der Waals surface area contributed by atoms with Crippen molar-refractivity contribution in [2.45, 2.75) is 26.8 Å². The minimum atomic E-state index is -0.484. The Morgan fingerprint density at radius 3 is 2.65 bits per heavy atom. The largest absolute Gasteiger partial charge is 0.344 e. The first kappa shape index (κ1) is 14.7. The zero-order chi connectivity index (χ0) is 14.7. The summed E-state index contributed by atoms with van der Waals surface area (Å²) in [6, 6.07) is 8.42. The summed E-state index contributed by atoms with van der Waals surface area (Å²) in [6.45, 7) is 5.92. The predicted molar refractivity (Wildman–Crippen MR) is 80.5 cm³/mol. The van der Waals surface area contributed by atoms with E-state index < -0.39 is 5.82 Å². The molecule has 0 aliphatic rings. The number of hydrogen-bond donors (Lipinski definition) is 1. The Morgan fingerprint density at radius 1 is 1.30 bits per heavy atom. The van der Waals surface area contributed by atoms with Crippen molar-refractivity contribution in [1.29, 1.82) is 0 Å². The lowest BCUT2D eigenvalue weighted by molar-refractivity contribution is 0.0922. The Labute approximate surface area is 122 Å². The number of carbonyl (C=O) groups excluding carboxylic acids is 1. The molecule has 1 N–H and O–H groups in total. The third kappa shape index (κ3) is 3.25. The Hall–Kier alpha value is -1.68. The summed E-state index contributed by atoms with van der Waals surface area (Å²) in [4.78, 5) is 13.4. The fourth-order valence-corrected chi connectivity index (χ4v) is 3.02. The molecule has 0 saturated carbocycles. The molecule has 1 unspecified atom stereocenters. The van der Waals surface area contributed by atoms with Gasteiger partial charge in [-0.15, -0.1) is 11.3 Å². The van der Waals surface area contributed by atoms with Gasteiger partial charge in [-0.25, -0.2) is 4.39 Å². The highest BCUT2D eigenvalue weighted by Crippen LogP contribution is 2.26. The van der Waals surface area contributed by atoms with Gasteiger partial charge in [0.05, 0.1) is 11.6 Å². The van der Waals surface area contributed by atoms with Crippen LogP contribution in [-0.4, -0.2) is 5.91 Å². The quantitative estimate of drug-likeness (QED) is 0.893. The van der Waals surface area contributed by atoms with E-state index in [-0.39, 0.29) is 23.4 Å². The molecule has 0 saturated heterocycles. The molecule has 2 nitrogen and oxygen atoms in total. The van der Waals surface area contributed by atoms with Gasteiger partial charge in [0, 0.05) is 4.88 Å². The average molecular weight is 291 g/mol. The Morgan fingerprint density at radius 2 is 2.05 bits per heavy atom. The highest BCUT2D eigenvalue weighted by molar-refractivity contribution is 7.10. The second kappa shape index (κ2) is 6.18. The number of amides is 1. The zero-order valence-electron chi connectivity index (χ0n) is 11.8. The minimum absolute atomic E-state index is 0.0950. The van der Waals surface area contributed by atoms with Gasteiger partial charge in [0.25, 0.3) is 5.91 Å². The van der Waals surface area contributed by atoms with E-state index in [9.17, 15) is 9.18 Å². The molecule has 2 aromatic rings. The number of thiophene rings is 1. The first-order valence-corrected chi connectivity index (χ1v) is 7.47. The van der Waals surface area contributed by atoms with Gasteiger partial charge >= 0.3 is 0 Å². The molecular formula is C16H18FNOS. The molecule has 1 aromatic carbocycles. The number of carbonyl (C=O) groups is 1. The maximum absolute atomic E-state index is 13.8. The van der Waals surface area contributed by atoms with Crippen molar-refractivity contribution in [1.82, 2.24) is 5.32 Å². The predicted octanol–water partition coefficient (Wildman–Crippen LogP) is 4.32. The van der Waals surface area contributed by atoms with Gasteiger partial charge in [-0.1, -0.05) is 31.5 Å². The molecule has 1 amide bonds. The SMILES string of the molecule is Cc1ccc(F)c(C(=O)NC(c2cccs2)C(C)C)c1. The number of halogens is 1. The lowest BCUT2D eigenvalue weighted by Gasteiger charge is -2.21. The molecule has 20 heavy (non-hydrogen) atoms. The summed E-state index contributed by atoms with van der Waals surface area (Å²) in [7, 11) is 0. The molecule has 0 spiro atoms. The molecule has 1 aromatic heterocycles. The van der Waals surface area contributed by atoms with Gasteiger partial charge in [0.15, 0.2) is 0 Å². The standard InChI is InChI=1S/C16H18FNOS/c1-10(2)15(14-5-4-8-20-14)18-16(19)12-9-11(3)6-7-13(12)17/h4-10,15H,1-3H3,(H,18,19). The van der Waals surface area contributed by atoms with Crippen molar-refractivity contribution in [3.63, 3.8) is 0 Å². The first-order chi connectivity index (χ1) is 9.49. The summed E-state index contributed by atoms with van der Waals surface area (Å²) in [5, 5.41) is 4.91. The van der Waals surface area contributed by atoms with Crippen LogP contribution in [0.2, 0.25) is 0 Å². The normalized spacial score (nSPS) is 12.4. The highest BCUT2D eigenvalue weighted by Gasteiger charge is 2.21. The van der Waals surface area contributed by atoms with E-state index in [0.29, 0.717) is 0 Å². The summed E-state index contributed by atoms with van der Waals surface area (Å²) in [5.41, 5.74) is 0.973. The molecular weight excluding hydrogens is 273 g/mol. The lowest BCUT2D eigenvalue weighted by Crippen LogP contribution is -2.31. The monoisotopic (exact) mass is 291 g/mol. The molecule has 4 heteroatoms. The van der Waals surface area contributed by atoms with Gasteiger partial charge in [-0.3, -0.25) is 4.79 Å². The third-order valence-corrected chi connectivity index (χ3v) is 4.12. The van der Waals surface area contributed by atoms with E-state index in [4.69, 9.17) is 0 Å². The Kier molecular flexibility index (Phi) is 4.55. The summed E-state index contributed by atoms with van der Waals surface area (Å²) < 4.78 is 13.8. The molecule has 0 radical (unpaired) electrons. The fraction of sp³-hybridized carbons (Fsp3) is 0.312. The van der Waals surface area contributed by atoms with Crippen LogP contribution >= 0.6 is 11.3 Å². The van der Waals surface area contributed by atoms with Crippen LogP contribution in [0.5, 0.6) is 0 Å². The van der Waals surface area contributed by atoms with Crippen LogP contribution in [0.25, 0.3) is 0 Å². The molecule has 0 bridgehead atoms. The molecule has 1 heterocycles. The molecule has 2 rings (SSSR count). The van der Waals surface area contributed by atoms with Crippen LogP contribution in [0.4, 0.5) is 4.39 Å². The third-order valence-electron chi connectivity index (χ3n) is 3.17. The van der Waals surface area contributed by atoms with Crippen molar-refractivity contribution < 1.29 is 9.18 Å². The number of rotatable bonds is 4. The van der Waals surface area contributed by atoms with Crippen molar-refractivity contribution in [2.24, 2.45) is 5.92 Å². The van der Waals surface area contributed by atoms with Crippen molar-refractivity contribution >= 4 is 17.2 Å². The number of benzene rings is 1. The van der Waals surface area contributed by atoms with E-state index in [1.54, 1.807) is 23.5 Å². The summed E-state index contributed by atoms with van der Waals surface area (Å²) in [5.74, 6) is -0.606. The number of hydrogen-bond acceptors (Lipinski definition) is 2. The van der Waals surface area contributed by atoms with Crippen molar-refractivity contribution in [2.75, 3.05) is 0 Å². The summed E-state index contributed by atoms with van der Waals surface area (Å²) in [6.07, 6.45) is 0. The fourth-order valence-electron chi connectivity index (χ4n) is 2.07. The van der Waals surface area contributed by atoms with Gasteiger partial charge in [0.1, 0.15) is 5.82 Å². The second-order valence-corrected chi connectivity index (χ2v) is 6.17. The Bertz CT molecular complexity index is 593. The number of nitrogens with one attached hydrogen (secondary N) is 1. The van der Waals surface area contributed by atoms with Gasteiger partial charge in [-0.05, 0) is 36.4 Å². The summed E-state index contributed by atoms with van der Waals surface area (Å²) >= 11 is 1.60. The van der Waals surface area contributed by atoms with Crippen LogP contribution in [0.15, 0.2) is 35.7 Å². The zero-order valence-corrected chi connectivity index (χ0v) is 12.6. The van der Waals surface area contributed by atoms with Gasteiger partial charge < -0.3 is 5.32 Å². The molecule has 0 fully saturated rings. The highest BCUT2D eigenvalue weighted by atomic mass is 32.1. The van der Waals surface area contributed by atoms with E-state index in [0.717, 1.165) is 10.4 Å². The maximum Gasteiger partial charge on any atom is 0.254 e. The van der Waals surface area contributed by atoms with Crippen molar-refractivity contribution in [3.8, 4) is 0 Å². The van der Waals surface area contributed by atoms with Crippen LogP contribution in [0, 0.1) is 18.7 Å². The topological polar surface area (TPSA) is 29.1 Å². The van der Waals surface area contributed by atoms with Crippen LogP contribution in [0.1, 0.15) is 40.7 Å². The van der Waals surface area contributed by atoms with E-state index >= 15 is 0 Å². The smallest absolute Gasteiger partial charge is 0.254 e. The van der Waals surface area contributed by atoms with Crippen molar-refractivity contribution in [3.05, 3.63) is 57.5 Å². The average Bonchev–Trinajstić information content (AvgIpc) is 2.91. The lowest BCUT2D eigenvalue weighted by atomic mass is 10.0. The van der Waals surface area contributed by atoms with E-state index in [2.05, 4.69) is 5.32 Å². The number of aryl methyl sites for hydroxylation is 1. The second-order valence-electron chi connectivity index (χ2n) is 5.19. The Balaban J connectivity index is 2.23. The first-order valence-electron chi connectivity index (χ1n) is 6.59. The van der Waals surface area contributed by atoms with Gasteiger partial charge in [-0.2, -0.15) is 0 Å². The molecule has 1 atom stereocenters. The molecule has 0 aliphatic carbocycles.